The molecule has 0 aromatic rings. The maximum absolute atomic E-state index is 12.6. The van der Waals surface area contributed by atoms with Gasteiger partial charge in [-0.05, 0) is 68.1 Å². The molecule has 0 bridgehead atoms. The van der Waals surface area contributed by atoms with Gasteiger partial charge in [-0.1, -0.05) is 51.7 Å². The number of ether oxygens (including phenoxy) is 1. The lowest BCUT2D eigenvalue weighted by Crippen LogP contribution is -2.50. The highest BCUT2D eigenvalue weighted by Gasteiger charge is 2.58. The van der Waals surface area contributed by atoms with Crippen molar-refractivity contribution in [3.05, 3.63) is 11.6 Å². The number of Topliss-reactive ketones (excluding diaryl/α,β-unsaturated/α-hetero) is 1. The van der Waals surface area contributed by atoms with E-state index in [9.17, 15) is 9.59 Å². The number of rotatable bonds is 6. The van der Waals surface area contributed by atoms with Gasteiger partial charge in [0.2, 0.25) is 0 Å². The SMILES string of the molecule is CCCCCCC(=O)O[C@H]1CC[C@@]2(C)C(=CC[C@@H]3[C@H]4CCC(=O)[C@]4(C)CC[C@H]32)C1. The molecule has 4 rings (SSSR count). The molecule has 3 fully saturated rings. The van der Waals surface area contributed by atoms with Crippen molar-refractivity contribution in [2.45, 2.75) is 110 Å². The summed E-state index contributed by atoms with van der Waals surface area (Å²) < 4.78 is 5.88. The molecule has 6 atom stereocenters. The number of ketones is 1. The highest BCUT2D eigenvalue weighted by Crippen LogP contribution is 2.64. The van der Waals surface area contributed by atoms with Crippen LogP contribution in [0.1, 0.15) is 104 Å². The van der Waals surface area contributed by atoms with Gasteiger partial charge in [-0.15, -0.1) is 0 Å². The van der Waals surface area contributed by atoms with E-state index in [0.29, 0.717) is 30.0 Å². The first-order chi connectivity index (χ1) is 13.9. The zero-order valence-electron chi connectivity index (χ0n) is 18.8. The second-order valence-corrected chi connectivity index (χ2v) is 10.8. The first-order valence-corrected chi connectivity index (χ1v) is 12.3. The fraction of sp³-hybridized carbons (Fsp3) is 0.846. The van der Waals surface area contributed by atoms with Gasteiger partial charge < -0.3 is 4.74 Å². The summed E-state index contributed by atoms with van der Waals surface area (Å²) >= 11 is 0. The third-order valence-corrected chi connectivity index (χ3v) is 9.30. The number of hydrogen-bond donors (Lipinski definition) is 0. The van der Waals surface area contributed by atoms with Gasteiger partial charge in [0, 0.05) is 24.7 Å². The van der Waals surface area contributed by atoms with Crippen molar-refractivity contribution in [3.63, 3.8) is 0 Å². The Morgan fingerprint density at radius 1 is 1.07 bits per heavy atom. The molecular weight excluding hydrogens is 360 g/mol. The van der Waals surface area contributed by atoms with Crippen LogP contribution in [0.2, 0.25) is 0 Å². The molecule has 0 spiro atoms. The van der Waals surface area contributed by atoms with Gasteiger partial charge in [-0.2, -0.15) is 0 Å². The quantitative estimate of drug-likeness (QED) is 0.294. The molecule has 0 unspecified atom stereocenters. The van der Waals surface area contributed by atoms with Crippen molar-refractivity contribution in [2.75, 3.05) is 0 Å². The maximum atomic E-state index is 12.6. The van der Waals surface area contributed by atoms with Crippen LogP contribution in [0.3, 0.4) is 0 Å². The highest BCUT2D eigenvalue weighted by molar-refractivity contribution is 5.87. The standard InChI is InChI=1S/C26H40O3/c1-4-5-6-7-8-24(28)29-19-13-15-25(2)18(17-19)9-10-20-21-11-12-23(27)26(21,3)16-14-22(20)25/h9,19-22H,4-8,10-17H2,1-3H3/t19-,20+,21+,22+,25-,26+/m0/s1. The van der Waals surface area contributed by atoms with Gasteiger partial charge in [-0.3, -0.25) is 9.59 Å². The molecule has 162 valence electrons. The van der Waals surface area contributed by atoms with Crippen LogP contribution in [0.5, 0.6) is 0 Å². The topological polar surface area (TPSA) is 43.4 Å². The molecule has 0 aliphatic heterocycles. The summed E-state index contributed by atoms with van der Waals surface area (Å²) in [4.78, 5) is 24.8. The number of allylic oxidation sites excluding steroid dienone is 1. The van der Waals surface area contributed by atoms with E-state index in [0.717, 1.165) is 57.8 Å². The number of hydrogen-bond acceptors (Lipinski definition) is 3. The molecule has 0 saturated heterocycles. The van der Waals surface area contributed by atoms with E-state index in [1.807, 2.05) is 0 Å². The predicted octanol–water partition coefficient (Wildman–Crippen LogP) is 6.40. The lowest BCUT2D eigenvalue weighted by atomic mass is 9.48. The Morgan fingerprint density at radius 3 is 2.62 bits per heavy atom. The molecule has 0 N–H and O–H groups in total. The number of esters is 1. The van der Waals surface area contributed by atoms with Gasteiger partial charge in [0.25, 0.3) is 0 Å². The lowest BCUT2D eigenvalue weighted by molar-refractivity contribution is -0.151. The maximum Gasteiger partial charge on any atom is 0.306 e. The second kappa shape index (κ2) is 8.19. The molecule has 0 radical (unpaired) electrons. The van der Waals surface area contributed by atoms with E-state index in [2.05, 4.69) is 26.8 Å². The Hall–Kier alpha value is -1.12. The number of unbranched alkanes of at least 4 members (excludes halogenated alkanes) is 3. The molecule has 3 saturated carbocycles. The van der Waals surface area contributed by atoms with Crippen LogP contribution in [0, 0.1) is 28.6 Å². The minimum Gasteiger partial charge on any atom is -0.462 e. The van der Waals surface area contributed by atoms with Crippen LogP contribution < -0.4 is 0 Å². The van der Waals surface area contributed by atoms with E-state index in [1.165, 1.54) is 19.3 Å². The Bertz CT molecular complexity index is 679. The molecule has 0 aromatic heterocycles. The second-order valence-electron chi connectivity index (χ2n) is 10.8. The molecule has 0 heterocycles. The zero-order chi connectivity index (χ0) is 20.6. The summed E-state index contributed by atoms with van der Waals surface area (Å²) in [6.45, 7) is 6.91. The Balaban J connectivity index is 1.39. The van der Waals surface area contributed by atoms with Gasteiger partial charge in [0.1, 0.15) is 11.9 Å². The first kappa shape index (κ1) is 21.1. The van der Waals surface area contributed by atoms with Crippen LogP contribution in [0.4, 0.5) is 0 Å². The van der Waals surface area contributed by atoms with Crippen molar-refractivity contribution in [1.29, 1.82) is 0 Å². The van der Waals surface area contributed by atoms with E-state index in [4.69, 9.17) is 4.74 Å². The van der Waals surface area contributed by atoms with Crippen molar-refractivity contribution < 1.29 is 14.3 Å². The summed E-state index contributed by atoms with van der Waals surface area (Å²) in [7, 11) is 0. The third-order valence-electron chi connectivity index (χ3n) is 9.30. The van der Waals surface area contributed by atoms with Crippen LogP contribution in [0.15, 0.2) is 11.6 Å². The third kappa shape index (κ3) is 3.72. The van der Waals surface area contributed by atoms with Crippen LogP contribution in [-0.2, 0) is 14.3 Å². The fourth-order valence-electron chi connectivity index (χ4n) is 7.44. The molecule has 4 aliphatic rings. The monoisotopic (exact) mass is 400 g/mol. The smallest absolute Gasteiger partial charge is 0.306 e. The van der Waals surface area contributed by atoms with Gasteiger partial charge in [0.05, 0.1) is 0 Å². The predicted molar refractivity (Wildman–Crippen MR) is 115 cm³/mol. The summed E-state index contributed by atoms with van der Waals surface area (Å²) in [5.74, 6) is 2.49. The largest absolute Gasteiger partial charge is 0.462 e. The number of fused-ring (bicyclic) bond motifs is 5. The van der Waals surface area contributed by atoms with E-state index < -0.39 is 0 Å². The number of carbonyl (C=O) groups excluding carboxylic acids is 2. The van der Waals surface area contributed by atoms with Crippen LogP contribution >= 0.6 is 0 Å². The molecule has 0 aromatic carbocycles. The highest BCUT2D eigenvalue weighted by atomic mass is 16.5. The number of carbonyl (C=O) groups is 2. The molecule has 0 amide bonds. The summed E-state index contributed by atoms with van der Waals surface area (Å²) in [5.41, 5.74) is 1.74. The fourth-order valence-corrected chi connectivity index (χ4v) is 7.44. The molecule has 3 nitrogen and oxygen atoms in total. The van der Waals surface area contributed by atoms with Gasteiger partial charge in [-0.25, -0.2) is 0 Å². The van der Waals surface area contributed by atoms with Crippen LogP contribution in [-0.4, -0.2) is 17.9 Å². The van der Waals surface area contributed by atoms with E-state index in [1.54, 1.807) is 5.57 Å². The molecule has 4 aliphatic carbocycles. The van der Waals surface area contributed by atoms with E-state index in [-0.39, 0.29) is 22.9 Å². The summed E-state index contributed by atoms with van der Waals surface area (Å²) in [5, 5.41) is 0. The Kier molecular flexibility index (Phi) is 5.97. The summed E-state index contributed by atoms with van der Waals surface area (Å²) in [6, 6.07) is 0. The average molecular weight is 401 g/mol. The van der Waals surface area contributed by atoms with Crippen molar-refractivity contribution in [3.8, 4) is 0 Å². The Morgan fingerprint density at radius 2 is 1.83 bits per heavy atom. The minimum absolute atomic E-state index is 0.00175. The summed E-state index contributed by atoms with van der Waals surface area (Å²) in [6.07, 6.45) is 16.0. The van der Waals surface area contributed by atoms with Gasteiger partial charge in [0.15, 0.2) is 0 Å². The molecular formula is C26H40O3. The Labute approximate surface area is 177 Å². The van der Waals surface area contributed by atoms with Crippen molar-refractivity contribution in [1.82, 2.24) is 0 Å². The van der Waals surface area contributed by atoms with Gasteiger partial charge >= 0.3 is 5.97 Å². The van der Waals surface area contributed by atoms with Crippen LogP contribution in [0.25, 0.3) is 0 Å². The van der Waals surface area contributed by atoms with Crippen molar-refractivity contribution in [2.24, 2.45) is 28.6 Å². The lowest BCUT2D eigenvalue weighted by Gasteiger charge is -2.56. The van der Waals surface area contributed by atoms with Crippen molar-refractivity contribution >= 4 is 11.8 Å². The normalized spacial score (nSPS) is 41.2. The zero-order valence-corrected chi connectivity index (χ0v) is 18.8. The minimum atomic E-state index is -0.0482. The average Bonchev–Trinajstić information content (AvgIpc) is 3.00. The first-order valence-electron chi connectivity index (χ1n) is 12.3. The van der Waals surface area contributed by atoms with E-state index >= 15 is 0 Å². The molecule has 29 heavy (non-hydrogen) atoms. The molecule has 3 heteroatoms.